The highest BCUT2D eigenvalue weighted by atomic mass is 16.5. The molecule has 1 amide bonds. The molecule has 0 spiro atoms. The standard InChI is InChI=1S/C25H24N2O2/c1-2-17-27-24(26-23-11-7-6-10-22(23)25(27)28)20-12-14-21(15-13-20)29-18-16-19-8-4-3-5-9-19/h2-15,24,26H,1,16-18H2. The molecule has 4 nitrogen and oxygen atoms in total. The highest BCUT2D eigenvalue weighted by Crippen LogP contribution is 2.33. The van der Waals surface area contributed by atoms with E-state index in [1.807, 2.05) is 66.7 Å². The van der Waals surface area contributed by atoms with Crippen molar-refractivity contribution in [2.75, 3.05) is 18.5 Å². The second-order valence-corrected chi connectivity index (χ2v) is 6.99. The van der Waals surface area contributed by atoms with Crippen LogP contribution < -0.4 is 10.1 Å². The third-order valence-electron chi connectivity index (χ3n) is 5.05. The van der Waals surface area contributed by atoms with Crippen molar-refractivity contribution in [3.05, 3.63) is 108 Å². The van der Waals surface area contributed by atoms with E-state index in [0.717, 1.165) is 23.4 Å². The zero-order valence-electron chi connectivity index (χ0n) is 16.3. The van der Waals surface area contributed by atoms with Gasteiger partial charge in [-0.25, -0.2) is 0 Å². The molecule has 1 N–H and O–H groups in total. The van der Waals surface area contributed by atoms with Crippen molar-refractivity contribution in [3.8, 4) is 5.75 Å². The summed E-state index contributed by atoms with van der Waals surface area (Å²) in [6.07, 6.45) is 2.38. The fourth-order valence-electron chi connectivity index (χ4n) is 3.56. The monoisotopic (exact) mass is 384 g/mol. The summed E-state index contributed by atoms with van der Waals surface area (Å²) in [6.45, 7) is 4.90. The Labute approximate surface area is 171 Å². The van der Waals surface area contributed by atoms with Crippen LogP contribution in [-0.2, 0) is 6.42 Å². The molecule has 0 saturated carbocycles. The summed E-state index contributed by atoms with van der Waals surface area (Å²) in [4.78, 5) is 14.7. The summed E-state index contributed by atoms with van der Waals surface area (Å²) in [6, 6.07) is 25.8. The van der Waals surface area contributed by atoms with Gasteiger partial charge in [-0.15, -0.1) is 6.58 Å². The van der Waals surface area contributed by atoms with E-state index >= 15 is 0 Å². The average Bonchev–Trinajstić information content (AvgIpc) is 2.77. The highest BCUT2D eigenvalue weighted by molar-refractivity contribution is 6.01. The Bertz CT molecular complexity index is 983. The van der Waals surface area contributed by atoms with Gasteiger partial charge < -0.3 is 15.0 Å². The van der Waals surface area contributed by atoms with E-state index in [1.165, 1.54) is 5.56 Å². The van der Waals surface area contributed by atoms with Crippen LogP contribution in [0.4, 0.5) is 5.69 Å². The van der Waals surface area contributed by atoms with E-state index < -0.39 is 0 Å². The lowest BCUT2D eigenvalue weighted by Gasteiger charge is -2.37. The number of anilines is 1. The minimum absolute atomic E-state index is 0.00689. The minimum Gasteiger partial charge on any atom is -0.493 e. The highest BCUT2D eigenvalue weighted by Gasteiger charge is 2.31. The van der Waals surface area contributed by atoms with Crippen molar-refractivity contribution in [3.63, 3.8) is 0 Å². The molecular weight excluding hydrogens is 360 g/mol. The number of amides is 1. The number of fused-ring (bicyclic) bond motifs is 1. The first-order valence-corrected chi connectivity index (χ1v) is 9.80. The van der Waals surface area contributed by atoms with Crippen LogP contribution in [0.15, 0.2) is 91.5 Å². The number of nitrogens with one attached hydrogen (secondary N) is 1. The second-order valence-electron chi connectivity index (χ2n) is 6.99. The van der Waals surface area contributed by atoms with Crippen molar-refractivity contribution in [1.29, 1.82) is 0 Å². The molecule has 3 aromatic carbocycles. The average molecular weight is 384 g/mol. The van der Waals surface area contributed by atoms with Gasteiger partial charge in [0.2, 0.25) is 0 Å². The number of rotatable bonds is 7. The Balaban J connectivity index is 1.47. The first-order chi connectivity index (χ1) is 14.3. The maximum atomic E-state index is 12.9. The van der Waals surface area contributed by atoms with Crippen molar-refractivity contribution in [1.82, 2.24) is 4.90 Å². The number of hydrogen-bond acceptors (Lipinski definition) is 3. The molecule has 0 saturated heterocycles. The first-order valence-electron chi connectivity index (χ1n) is 9.80. The van der Waals surface area contributed by atoms with Gasteiger partial charge in [0.15, 0.2) is 0 Å². The minimum atomic E-state index is -0.242. The molecule has 1 aliphatic rings. The Hall–Kier alpha value is -3.53. The van der Waals surface area contributed by atoms with E-state index in [2.05, 4.69) is 24.0 Å². The number of benzene rings is 3. The smallest absolute Gasteiger partial charge is 0.258 e. The number of carbonyl (C=O) groups excluding carboxylic acids is 1. The Morgan fingerprint density at radius 2 is 1.69 bits per heavy atom. The molecule has 1 atom stereocenters. The molecule has 0 radical (unpaired) electrons. The van der Waals surface area contributed by atoms with Gasteiger partial charge in [0, 0.05) is 18.7 Å². The lowest BCUT2D eigenvalue weighted by molar-refractivity contribution is 0.0707. The van der Waals surface area contributed by atoms with Gasteiger partial charge in [0.05, 0.1) is 12.2 Å². The summed E-state index contributed by atoms with van der Waals surface area (Å²) in [5.41, 5.74) is 3.80. The predicted molar refractivity (Wildman–Crippen MR) is 116 cm³/mol. The maximum Gasteiger partial charge on any atom is 0.258 e. The number of carbonyl (C=O) groups is 1. The summed E-state index contributed by atoms with van der Waals surface area (Å²) in [5, 5.41) is 3.48. The normalized spacial score (nSPS) is 15.4. The van der Waals surface area contributed by atoms with Gasteiger partial charge in [-0.05, 0) is 35.4 Å². The summed E-state index contributed by atoms with van der Waals surface area (Å²) in [7, 11) is 0. The van der Waals surface area contributed by atoms with Gasteiger partial charge in [-0.3, -0.25) is 4.79 Å². The van der Waals surface area contributed by atoms with Crippen molar-refractivity contribution in [2.24, 2.45) is 0 Å². The summed E-state index contributed by atoms with van der Waals surface area (Å²) >= 11 is 0. The van der Waals surface area contributed by atoms with E-state index in [1.54, 1.807) is 11.0 Å². The van der Waals surface area contributed by atoms with E-state index in [4.69, 9.17) is 4.74 Å². The van der Waals surface area contributed by atoms with Gasteiger partial charge in [0.1, 0.15) is 11.9 Å². The molecule has 3 aromatic rings. The fourth-order valence-corrected chi connectivity index (χ4v) is 3.56. The molecule has 0 bridgehead atoms. The number of hydrogen-bond donors (Lipinski definition) is 1. The van der Waals surface area contributed by atoms with Crippen molar-refractivity contribution >= 4 is 11.6 Å². The Morgan fingerprint density at radius 3 is 2.45 bits per heavy atom. The Morgan fingerprint density at radius 1 is 0.966 bits per heavy atom. The number of nitrogens with zero attached hydrogens (tertiary/aromatic N) is 1. The first kappa shape index (κ1) is 18.8. The van der Waals surface area contributed by atoms with Crippen LogP contribution in [0, 0.1) is 0 Å². The topological polar surface area (TPSA) is 41.6 Å². The lowest BCUT2D eigenvalue weighted by Crippen LogP contribution is -2.42. The fraction of sp³-hybridized carbons (Fsp3) is 0.160. The van der Waals surface area contributed by atoms with Crippen LogP contribution >= 0.6 is 0 Å². The molecule has 4 heteroatoms. The van der Waals surface area contributed by atoms with Gasteiger partial charge >= 0.3 is 0 Å². The van der Waals surface area contributed by atoms with Gasteiger partial charge in [-0.1, -0.05) is 60.7 Å². The molecule has 1 unspecified atom stereocenters. The molecule has 0 fully saturated rings. The van der Waals surface area contributed by atoms with E-state index in [-0.39, 0.29) is 12.1 Å². The largest absolute Gasteiger partial charge is 0.493 e. The van der Waals surface area contributed by atoms with Crippen LogP contribution in [0.1, 0.15) is 27.7 Å². The van der Waals surface area contributed by atoms with Crippen LogP contribution in [0.3, 0.4) is 0 Å². The van der Waals surface area contributed by atoms with Crippen LogP contribution in [0.5, 0.6) is 5.75 Å². The van der Waals surface area contributed by atoms with Crippen LogP contribution in [0.25, 0.3) is 0 Å². The van der Waals surface area contributed by atoms with Crippen molar-refractivity contribution in [2.45, 2.75) is 12.6 Å². The Kier molecular flexibility index (Phi) is 5.61. The maximum absolute atomic E-state index is 12.9. The third-order valence-corrected chi connectivity index (χ3v) is 5.05. The molecule has 0 aliphatic carbocycles. The quantitative estimate of drug-likeness (QED) is 0.579. The lowest BCUT2D eigenvalue weighted by atomic mass is 10.0. The molecule has 4 rings (SSSR count). The number of ether oxygens (including phenoxy) is 1. The van der Waals surface area contributed by atoms with Crippen LogP contribution in [-0.4, -0.2) is 24.0 Å². The van der Waals surface area contributed by atoms with Gasteiger partial charge in [-0.2, -0.15) is 0 Å². The summed E-state index contributed by atoms with van der Waals surface area (Å²) < 4.78 is 5.89. The van der Waals surface area contributed by atoms with E-state index in [0.29, 0.717) is 18.7 Å². The molecule has 1 heterocycles. The van der Waals surface area contributed by atoms with Crippen molar-refractivity contribution < 1.29 is 9.53 Å². The van der Waals surface area contributed by atoms with Crippen LogP contribution in [0.2, 0.25) is 0 Å². The number of para-hydroxylation sites is 1. The SMILES string of the molecule is C=CCN1C(=O)c2ccccc2NC1c1ccc(OCCc2ccccc2)cc1. The van der Waals surface area contributed by atoms with E-state index in [9.17, 15) is 4.79 Å². The molecule has 1 aliphatic heterocycles. The predicted octanol–water partition coefficient (Wildman–Crippen LogP) is 5.06. The zero-order valence-corrected chi connectivity index (χ0v) is 16.3. The molecule has 29 heavy (non-hydrogen) atoms. The molecule has 0 aromatic heterocycles. The molecular formula is C25H24N2O2. The summed E-state index contributed by atoms with van der Waals surface area (Å²) in [5.74, 6) is 0.829. The van der Waals surface area contributed by atoms with Gasteiger partial charge in [0.25, 0.3) is 5.91 Å². The second kappa shape index (κ2) is 8.65. The molecule has 146 valence electrons. The zero-order chi connectivity index (χ0) is 20.1. The third kappa shape index (κ3) is 4.16.